The van der Waals surface area contributed by atoms with Crippen LogP contribution in [0.15, 0.2) is 30.5 Å². The number of anilines is 1. The van der Waals surface area contributed by atoms with Crippen LogP contribution in [0.25, 0.3) is 10.9 Å². The van der Waals surface area contributed by atoms with Gasteiger partial charge in [0.25, 0.3) is 0 Å². The van der Waals surface area contributed by atoms with Crippen molar-refractivity contribution in [2.24, 2.45) is 0 Å². The van der Waals surface area contributed by atoms with Crippen molar-refractivity contribution >= 4 is 40.6 Å². The van der Waals surface area contributed by atoms with Crippen molar-refractivity contribution in [1.82, 2.24) is 4.98 Å². The molecule has 1 heterocycles. The molecule has 0 radical (unpaired) electrons. The van der Waals surface area contributed by atoms with Crippen LogP contribution in [0.1, 0.15) is 0 Å². The second-order valence-corrected chi connectivity index (χ2v) is 2.32. The van der Waals surface area contributed by atoms with Gasteiger partial charge >= 0.3 is 0 Å². The molecule has 11 heavy (non-hydrogen) atoms. The fourth-order valence-corrected chi connectivity index (χ4v) is 1.07. The first-order valence-electron chi connectivity index (χ1n) is 3.19. The molecule has 2 rings (SSSR count). The van der Waals surface area contributed by atoms with Gasteiger partial charge in [0.2, 0.25) is 0 Å². The molecule has 0 saturated carbocycles. The molecule has 0 amide bonds. The topological polar surface area (TPSA) is 41.8 Å². The molecule has 0 aliphatic rings. The fourth-order valence-electron chi connectivity index (χ4n) is 1.07. The number of fused-ring (bicyclic) bond motifs is 1. The van der Waals surface area contributed by atoms with Crippen LogP contribution < -0.4 is 5.73 Å². The van der Waals surface area contributed by atoms with E-state index in [2.05, 4.69) is 4.98 Å². The maximum atomic E-state index is 5.56. The Bertz CT molecular complexity index is 354. The quantitative estimate of drug-likeness (QED) is 0.554. The maximum Gasteiger partial charge on any atom is 0.0474 e. The summed E-state index contributed by atoms with van der Waals surface area (Å²) in [6, 6.07) is 7.85. The van der Waals surface area contributed by atoms with Gasteiger partial charge in [-0.1, -0.05) is 6.07 Å². The van der Waals surface area contributed by atoms with Gasteiger partial charge in [-0.15, -0.1) is 24.0 Å². The molecule has 3 N–H and O–H groups in total. The number of aromatic nitrogens is 1. The van der Waals surface area contributed by atoms with Crippen LogP contribution >= 0.6 is 24.0 Å². The lowest BCUT2D eigenvalue weighted by atomic mass is 10.2. The molecule has 1 aromatic carbocycles. The lowest BCUT2D eigenvalue weighted by Crippen LogP contribution is -1.81. The Balaban J connectivity index is 0.000000605. The number of halogens is 1. The normalized spacial score (nSPS) is 9.45. The minimum absolute atomic E-state index is 0. The first kappa shape index (κ1) is 8.39. The summed E-state index contributed by atoms with van der Waals surface area (Å²) in [6.07, 6.45) is 1.91. The maximum absolute atomic E-state index is 5.56. The number of H-pyrrole nitrogens is 1. The molecule has 2 aromatic rings. The number of aromatic amines is 1. The van der Waals surface area contributed by atoms with Crippen molar-refractivity contribution in [2.45, 2.75) is 0 Å². The van der Waals surface area contributed by atoms with E-state index in [4.69, 9.17) is 5.73 Å². The average molecular weight is 260 g/mol. The Morgan fingerprint density at radius 2 is 2.00 bits per heavy atom. The molecule has 0 spiro atoms. The fraction of sp³-hybridized carbons (Fsp3) is 0. The number of benzene rings is 1. The third-order valence-electron chi connectivity index (χ3n) is 1.58. The van der Waals surface area contributed by atoms with Gasteiger partial charge in [0.15, 0.2) is 0 Å². The van der Waals surface area contributed by atoms with Crippen LogP contribution in [0.5, 0.6) is 0 Å². The highest BCUT2D eigenvalue weighted by Crippen LogP contribution is 2.14. The minimum Gasteiger partial charge on any atom is -0.399 e. The molecule has 3 heteroatoms. The van der Waals surface area contributed by atoms with E-state index in [1.165, 1.54) is 5.39 Å². The van der Waals surface area contributed by atoms with E-state index < -0.39 is 0 Å². The summed E-state index contributed by atoms with van der Waals surface area (Å²) in [5, 5.41) is 1.20. The van der Waals surface area contributed by atoms with E-state index >= 15 is 0 Å². The number of nitrogens with two attached hydrogens (primary N) is 1. The van der Waals surface area contributed by atoms with Crippen LogP contribution in [-0.2, 0) is 0 Å². The predicted molar refractivity (Wildman–Crippen MR) is 58.1 cm³/mol. The molecule has 0 atom stereocenters. The van der Waals surface area contributed by atoms with Gasteiger partial charge in [-0.3, -0.25) is 0 Å². The molecule has 0 bridgehead atoms. The van der Waals surface area contributed by atoms with Gasteiger partial charge in [-0.05, 0) is 23.6 Å². The summed E-state index contributed by atoms with van der Waals surface area (Å²) in [5.74, 6) is 0. The Morgan fingerprint density at radius 1 is 1.18 bits per heavy atom. The van der Waals surface area contributed by atoms with E-state index in [-0.39, 0.29) is 24.0 Å². The second-order valence-electron chi connectivity index (χ2n) is 2.32. The number of hydrogen-bond donors (Lipinski definition) is 2. The van der Waals surface area contributed by atoms with Gasteiger partial charge in [-0.2, -0.15) is 0 Å². The Labute approximate surface area is 81.8 Å². The third kappa shape index (κ3) is 1.48. The van der Waals surface area contributed by atoms with Crippen LogP contribution in [0, 0.1) is 0 Å². The van der Waals surface area contributed by atoms with Gasteiger partial charge < -0.3 is 10.7 Å². The van der Waals surface area contributed by atoms with Gasteiger partial charge in [0, 0.05) is 17.4 Å². The molecule has 0 aliphatic carbocycles. The smallest absolute Gasteiger partial charge is 0.0474 e. The highest BCUT2D eigenvalue weighted by molar-refractivity contribution is 14.0. The summed E-state index contributed by atoms with van der Waals surface area (Å²) in [6.45, 7) is 0. The molecule has 1 aromatic heterocycles. The number of rotatable bonds is 0. The molecular formula is C8H9IN2. The molecule has 58 valence electrons. The molecule has 2 nitrogen and oxygen atoms in total. The lowest BCUT2D eigenvalue weighted by molar-refractivity contribution is 1.48. The van der Waals surface area contributed by atoms with Crippen LogP contribution in [0.3, 0.4) is 0 Å². The van der Waals surface area contributed by atoms with Crippen LogP contribution in [-0.4, -0.2) is 4.98 Å². The summed E-state index contributed by atoms with van der Waals surface area (Å²) in [5.41, 5.74) is 7.46. The van der Waals surface area contributed by atoms with E-state index in [1.54, 1.807) is 0 Å². The van der Waals surface area contributed by atoms with Crippen LogP contribution in [0.2, 0.25) is 0 Å². The Hall–Kier alpha value is -0.710. The SMILES string of the molecule is I.Nc1ccc2cc[nH]c2c1. The highest BCUT2D eigenvalue weighted by atomic mass is 127. The Kier molecular flexibility index (Phi) is 2.38. The molecule has 0 fully saturated rings. The van der Waals surface area contributed by atoms with Crippen molar-refractivity contribution in [1.29, 1.82) is 0 Å². The van der Waals surface area contributed by atoms with Gasteiger partial charge in [0.05, 0.1) is 0 Å². The first-order valence-corrected chi connectivity index (χ1v) is 3.19. The van der Waals surface area contributed by atoms with E-state index in [1.807, 2.05) is 30.5 Å². The van der Waals surface area contributed by atoms with Gasteiger partial charge in [0.1, 0.15) is 0 Å². The van der Waals surface area contributed by atoms with Crippen molar-refractivity contribution in [3.8, 4) is 0 Å². The standard InChI is InChI=1S/C8H8N2.HI/c9-7-2-1-6-3-4-10-8(6)5-7;/h1-5,10H,9H2;1H. The largest absolute Gasteiger partial charge is 0.399 e. The van der Waals surface area contributed by atoms with Crippen molar-refractivity contribution in [2.75, 3.05) is 5.73 Å². The first-order chi connectivity index (χ1) is 4.86. The van der Waals surface area contributed by atoms with Crippen molar-refractivity contribution in [3.63, 3.8) is 0 Å². The summed E-state index contributed by atoms with van der Waals surface area (Å²) < 4.78 is 0. The number of nitrogens with one attached hydrogen (secondary N) is 1. The number of nitrogen functional groups attached to an aromatic ring is 1. The zero-order valence-corrected chi connectivity index (χ0v) is 8.20. The van der Waals surface area contributed by atoms with Crippen molar-refractivity contribution in [3.05, 3.63) is 30.5 Å². The monoisotopic (exact) mass is 260 g/mol. The summed E-state index contributed by atoms with van der Waals surface area (Å²) in [7, 11) is 0. The Morgan fingerprint density at radius 3 is 2.82 bits per heavy atom. The van der Waals surface area contributed by atoms with E-state index in [9.17, 15) is 0 Å². The predicted octanol–water partition coefficient (Wildman–Crippen LogP) is 2.37. The van der Waals surface area contributed by atoms with Crippen molar-refractivity contribution < 1.29 is 0 Å². The zero-order chi connectivity index (χ0) is 6.97. The lowest BCUT2D eigenvalue weighted by Gasteiger charge is -1.90. The molecule has 0 aliphatic heterocycles. The summed E-state index contributed by atoms with van der Waals surface area (Å²) in [4.78, 5) is 3.08. The zero-order valence-electron chi connectivity index (χ0n) is 5.87. The average Bonchev–Trinajstić information content (AvgIpc) is 2.33. The highest BCUT2D eigenvalue weighted by Gasteiger charge is 1.91. The summed E-state index contributed by atoms with van der Waals surface area (Å²) >= 11 is 0. The van der Waals surface area contributed by atoms with Gasteiger partial charge in [-0.25, -0.2) is 0 Å². The number of hydrogen-bond acceptors (Lipinski definition) is 1. The van der Waals surface area contributed by atoms with E-state index in [0.29, 0.717) is 0 Å². The third-order valence-corrected chi connectivity index (χ3v) is 1.58. The minimum atomic E-state index is 0. The molecule has 0 unspecified atom stereocenters. The second kappa shape index (κ2) is 3.13. The molecular weight excluding hydrogens is 251 g/mol. The van der Waals surface area contributed by atoms with Crippen LogP contribution in [0.4, 0.5) is 5.69 Å². The molecule has 0 saturated heterocycles. The van der Waals surface area contributed by atoms with E-state index in [0.717, 1.165) is 11.2 Å².